The first-order valence-electron chi connectivity index (χ1n) is 9.92. The molecule has 0 amide bonds. The second-order valence-electron chi connectivity index (χ2n) is 7.82. The van der Waals surface area contributed by atoms with Gasteiger partial charge < -0.3 is 18.8 Å². The molecule has 6 heteroatoms. The molecule has 0 N–H and O–H groups in total. The number of benzene rings is 1. The summed E-state index contributed by atoms with van der Waals surface area (Å²) in [5.74, 6) is 1.67. The Morgan fingerprint density at radius 2 is 1.71 bits per heavy atom. The van der Waals surface area contributed by atoms with Gasteiger partial charge in [-0.25, -0.2) is 0 Å². The first-order chi connectivity index (χ1) is 13.4. The molecule has 3 heterocycles. The zero-order valence-corrected chi connectivity index (χ0v) is 17.0. The molecule has 0 spiro atoms. The van der Waals surface area contributed by atoms with Crippen LogP contribution in [0, 0.1) is 13.8 Å². The smallest absolute Gasteiger partial charge is 0.178 e. The zero-order chi connectivity index (χ0) is 19.8. The summed E-state index contributed by atoms with van der Waals surface area (Å²) in [5, 5.41) is 0. The molecule has 0 radical (unpaired) electrons. The van der Waals surface area contributed by atoms with Crippen molar-refractivity contribution < 1.29 is 19.0 Å². The first kappa shape index (κ1) is 19.0. The van der Waals surface area contributed by atoms with Crippen LogP contribution in [0.3, 0.4) is 0 Å². The van der Waals surface area contributed by atoms with Gasteiger partial charge in [-0.2, -0.15) is 0 Å². The lowest BCUT2D eigenvalue weighted by atomic mass is 10.1. The molecule has 0 unspecified atom stereocenters. The summed E-state index contributed by atoms with van der Waals surface area (Å²) < 4.78 is 19.2. The molecule has 0 aliphatic carbocycles. The first-order valence-corrected chi connectivity index (χ1v) is 9.92. The quantitative estimate of drug-likeness (QED) is 0.758. The van der Waals surface area contributed by atoms with Crippen LogP contribution in [0.2, 0.25) is 0 Å². The molecular formula is C22H28N2O4. The average molecular weight is 384 g/mol. The van der Waals surface area contributed by atoms with E-state index in [1.807, 2.05) is 38.1 Å². The molecule has 0 bridgehead atoms. The zero-order valence-electron chi connectivity index (χ0n) is 17.0. The highest BCUT2D eigenvalue weighted by Gasteiger charge is 2.26. The Hall–Kier alpha value is -2.31. The molecule has 6 nitrogen and oxygen atoms in total. The second kappa shape index (κ2) is 7.60. The van der Waals surface area contributed by atoms with Gasteiger partial charge in [0.05, 0.1) is 18.8 Å². The Labute approximate surface area is 166 Å². The van der Waals surface area contributed by atoms with Gasteiger partial charge in [-0.15, -0.1) is 0 Å². The van der Waals surface area contributed by atoms with Gasteiger partial charge in [0.1, 0.15) is 13.2 Å². The predicted molar refractivity (Wildman–Crippen MR) is 107 cm³/mol. The van der Waals surface area contributed by atoms with E-state index in [-0.39, 0.29) is 18.0 Å². The lowest BCUT2D eigenvalue weighted by molar-refractivity contribution is -0.0652. The SMILES string of the molecule is Cc1cc(C(=O)CN2C[C@@H](C)O[C@H](C)C2)c(C)n1-c1ccc2c(c1)OCCO2. The number of Topliss-reactive ketones (excluding diaryl/α,β-unsaturated/α-hetero) is 1. The van der Waals surface area contributed by atoms with Crippen molar-refractivity contribution in [3.8, 4) is 17.2 Å². The third kappa shape index (κ3) is 3.66. The Kier molecular flexibility index (Phi) is 5.17. The van der Waals surface area contributed by atoms with Crippen molar-refractivity contribution in [3.05, 3.63) is 41.2 Å². The van der Waals surface area contributed by atoms with Crippen LogP contribution in [0.15, 0.2) is 24.3 Å². The fourth-order valence-electron chi connectivity index (χ4n) is 4.32. The van der Waals surface area contributed by atoms with Gasteiger partial charge in [-0.3, -0.25) is 9.69 Å². The molecule has 2 aliphatic heterocycles. The minimum atomic E-state index is 0.151. The summed E-state index contributed by atoms with van der Waals surface area (Å²) in [6.45, 7) is 11.3. The average Bonchev–Trinajstić information content (AvgIpc) is 2.95. The Morgan fingerprint density at radius 1 is 1.04 bits per heavy atom. The normalized spacial score (nSPS) is 22.3. The number of morpholine rings is 1. The van der Waals surface area contributed by atoms with Crippen LogP contribution in [-0.2, 0) is 4.74 Å². The molecule has 1 fully saturated rings. The number of aryl methyl sites for hydroxylation is 1. The number of nitrogens with zero attached hydrogens (tertiary/aromatic N) is 2. The van der Waals surface area contributed by atoms with Gasteiger partial charge in [-0.05, 0) is 45.9 Å². The summed E-state index contributed by atoms with van der Waals surface area (Å²) in [5.41, 5.74) is 3.74. The number of hydrogen-bond acceptors (Lipinski definition) is 5. The van der Waals surface area contributed by atoms with Crippen molar-refractivity contribution >= 4 is 5.78 Å². The predicted octanol–water partition coefficient (Wildman–Crippen LogP) is 3.16. The summed E-state index contributed by atoms with van der Waals surface area (Å²) in [6, 6.07) is 7.91. The van der Waals surface area contributed by atoms with Crippen molar-refractivity contribution in [2.24, 2.45) is 0 Å². The van der Waals surface area contributed by atoms with E-state index >= 15 is 0 Å². The van der Waals surface area contributed by atoms with E-state index in [0.717, 1.165) is 47.2 Å². The standard InChI is InChI=1S/C22H28N2O4/c1-14-9-19(20(25)13-23-11-15(2)28-16(3)12-23)17(4)24(14)18-5-6-21-22(10-18)27-8-7-26-21/h5-6,9-10,15-16H,7-8,11-13H2,1-4H3/t15-,16-/m1/s1. The number of fused-ring (bicyclic) bond motifs is 1. The molecule has 2 aromatic rings. The maximum atomic E-state index is 13.0. The van der Waals surface area contributed by atoms with Gasteiger partial charge in [-0.1, -0.05) is 0 Å². The lowest BCUT2D eigenvalue weighted by Crippen LogP contribution is -2.47. The van der Waals surface area contributed by atoms with E-state index < -0.39 is 0 Å². The van der Waals surface area contributed by atoms with Crippen molar-refractivity contribution in [2.75, 3.05) is 32.8 Å². The maximum Gasteiger partial charge on any atom is 0.178 e. The van der Waals surface area contributed by atoms with Crippen molar-refractivity contribution in [1.29, 1.82) is 0 Å². The fourth-order valence-corrected chi connectivity index (χ4v) is 4.32. The number of aromatic nitrogens is 1. The van der Waals surface area contributed by atoms with Crippen LogP contribution in [-0.4, -0.2) is 60.3 Å². The largest absolute Gasteiger partial charge is 0.486 e. The highest BCUT2D eigenvalue weighted by atomic mass is 16.6. The van der Waals surface area contributed by atoms with Crippen LogP contribution < -0.4 is 9.47 Å². The van der Waals surface area contributed by atoms with Crippen molar-refractivity contribution in [3.63, 3.8) is 0 Å². The van der Waals surface area contributed by atoms with Crippen LogP contribution >= 0.6 is 0 Å². The molecule has 2 atom stereocenters. The highest BCUT2D eigenvalue weighted by Crippen LogP contribution is 2.33. The number of hydrogen-bond donors (Lipinski definition) is 0. The van der Waals surface area contributed by atoms with Crippen LogP contribution in [0.5, 0.6) is 11.5 Å². The monoisotopic (exact) mass is 384 g/mol. The number of carbonyl (C=O) groups excluding carboxylic acids is 1. The fraction of sp³-hybridized carbons (Fsp3) is 0.500. The Balaban J connectivity index is 1.58. The van der Waals surface area contributed by atoms with E-state index in [0.29, 0.717) is 19.8 Å². The molecule has 1 aromatic carbocycles. The molecule has 0 saturated carbocycles. The molecular weight excluding hydrogens is 356 g/mol. The molecule has 150 valence electrons. The van der Waals surface area contributed by atoms with E-state index in [1.165, 1.54) is 0 Å². The molecule has 4 rings (SSSR count). The van der Waals surface area contributed by atoms with E-state index in [2.05, 4.69) is 23.3 Å². The van der Waals surface area contributed by atoms with Gasteiger partial charge in [0.15, 0.2) is 17.3 Å². The topological polar surface area (TPSA) is 52.9 Å². The van der Waals surface area contributed by atoms with Crippen LogP contribution in [0.1, 0.15) is 35.6 Å². The minimum absolute atomic E-state index is 0.151. The van der Waals surface area contributed by atoms with Crippen molar-refractivity contribution in [1.82, 2.24) is 9.47 Å². The number of carbonyl (C=O) groups is 1. The van der Waals surface area contributed by atoms with Crippen LogP contribution in [0.4, 0.5) is 0 Å². The maximum absolute atomic E-state index is 13.0. The number of ketones is 1. The van der Waals surface area contributed by atoms with Gasteiger partial charge in [0.2, 0.25) is 0 Å². The van der Waals surface area contributed by atoms with E-state index in [1.54, 1.807) is 0 Å². The van der Waals surface area contributed by atoms with E-state index in [9.17, 15) is 4.79 Å². The highest BCUT2D eigenvalue weighted by molar-refractivity contribution is 5.99. The van der Waals surface area contributed by atoms with Gasteiger partial charge in [0.25, 0.3) is 0 Å². The minimum Gasteiger partial charge on any atom is -0.486 e. The Bertz CT molecular complexity index is 879. The second-order valence-corrected chi connectivity index (χ2v) is 7.82. The molecule has 2 aliphatic rings. The number of rotatable bonds is 4. The van der Waals surface area contributed by atoms with E-state index in [4.69, 9.17) is 14.2 Å². The third-order valence-corrected chi connectivity index (χ3v) is 5.38. The lowest BCUT2D eigenvalue weighted by Gasteiger charge is -2.34. The van der Waals surface area contributed by atoms with Gasteiger partial charge in [0, 0.05) is 41.8 Å². The van der Waals surface area contributed by atoms with Crippen molar-refractivity contribution in [2.45, 2.75) is 39.9 Å². The van der Waals surface area contributed by atoms with Gasteiger partial charge >= 0.3 is 0 Å². The summed E-state index contributed by atoms with van der Waals surface area (Å²) in [4.78, 5) is 15.2. The third-order valence-electron chi connectivity index (χ3n) is 5.38. The summed E-state index contributed by atoms with van der Waals surface area (Å²) >= 11 is 0. The summed E-state index contributed by atoms with van der Waals surface area (Å²) in [6.07, 6.45) is 0.309. The summed E-state index contributed by atoms with van der Waals surface area (Å²) in [7, 11) is 0. The van der Waals surface area contributed by atoms with Crippen LogP contribution in [0.25, 0.3) is 5.69 Å². The number of ether oxygens (including phenoxy) is 3. The Morgan fingerprint density at radius 3 is 2.43 bits per heavy atom. The molecule has 1 saturated heterocycles. The molecule has 1 aromatic heterocycles. The molecule has 28 heavy (non-hydrogen) atoms.